The maximum absolute atomic E-state index is 13.7. The van der Waals surface area contributed by atoms with Gasteiger partial charge in [0.2, 0.25) is 0 Å². The number of benzene rings is 1. The summed E-state index contributed by atoms with van der Waals surface area (Å²) in [4.78, 5) is 1.98. The Labute approximate surface area is 99.1 Å². The molecule has 1 aliphatic heterocycles. The summed E-state index contributed by atoms with van der Waals surface area (Å²) < 4.78 is 13.7. The van der Waals surface area contributed by atoms with E-state index in [-0.39, 0.29) is 5.82 Å². The van der Waals surface area contributed by atoms with Gasteiger partial charge in [-0.25, -0.2) is 4.39 Å². The molecule has 0 bridgehead atoms. The molecular weight excluding hydrogens is 223 g/mol. The van der Waals surface area contributed by atoms with Crippen molar-refractivity contribution in [2.75, 3.05) is 23.5 Å². The van der Waals surface area contributed by atoms with Crippen LogP contribution in [0.1, 0.15) is 12.0 Å². The Kier molecular flexibility index (Phi) is 3.35. The van der Waals surface area contributed by atoms with Gasteiger partial charge >= 0.3 is 0 Å². The van der Waals surface area contributed by atoms with Crippen molar-refractivity contribution >= 4 is 17.4 Å². The molecule has 0 aromatic heterocycles. The fraction of sp³-hybridized carbons (Fsp3) is 0.417. The largest absolute Gasteiger partial charge is 0.368 e. The third-order valence-corrected chi connectivity index (χ3v) is 4.05. The Balaban J connectivity index is 2.23. The second-order valence-electron chi connectivity index (χ2n) is 3.91. The molecule has 0 radical (unpaired) electrons. The third kappa shape index (κ3) is 2.14. The minimum Gasteiger partial charge on any atom is -0.368 e. The van der Waals surface area contributed by atoms with E-state index in [0.717, 1.165) is 17.9 Å². The van der Waals surface area contributed by atoms with Gasteiger partial charge in [0, 0.05) is 18.8 Å². The Hall–Kier alpha value is -1.21. The molecule has 1 atom stereocenters. The maximum Gasteiger partial charge on any atom is 0.147 e. The number of rotatable bonds is 2. The number of thioether (sulfide) groups is 1. The van der Waals surface area contributed by atoms with Gasteiger partial charge in [-0.05, 0) is 30.4 Å². The van der Waals surface area contributed by atoms with Crippen molar-refractivity contribution in [2.24, 2.45) is 0 Å². The van der Waals surface area contributed by atoms with Crippen LogP contribution in [-0.2, 0) is 0 Å². The van der Waals surface area contributed by atoms with Crippen LogP contribution in [0.3, 0.4) is 0 Å². The van der Waals surface area contributed by atoms with Gasteiger partial charge in [-0.2, -0.15) is 17.0 Å². The molecule has 1 heterocycles. The summed E-state index contributed by atoms with van der Waals surface area (Å²) in [5.41, 5.74) is 0.960. The average Bonchev–Trinajstić information content (AvgIpc) is 2.81. The zero-order valence-electron chi connectivity index (χ0n) is 9.11. The first-order valence-electron chi connectivity index (χ1n) is 5.22. The number of nitriles is 1. The lowest BCUT2D eigenvalue weighted by Gasteiger charge is -2.26. The van der Waals surface area contributed by atoms with E-state index >= 15 is 0 Å². The third-order valence-electron chi connectivity index (χ3n) is 2.91. The minimum absolute atomic E-state index is 0.307. The van der Waals surface area contributed by atoms with Gasteiger partial charge < -0.3 is 4.90 Å². The summed E-state index contributed by atoms with van der Waals surface area (Å²) in [7, 11) is 1.92. The van der Waals surface area contributed by atoms with Gasteiger partial charge in [0.05, 0.1) is 17.3 Å². The quantitative estimate of drug-likeness (QED) is 0.790. The highest BCUT2D eigenvalue weighted by Crippen LogP contribution is 2.27. The van der Waals surface area contributed by atoms with E-state index in [0.29, 0.717) is 17.3 Å². The van der Waals surface area contributed by atoms with Gasteiger partial charge in [0.15, 0.2) is 0 Å². The summed E-state index contributed by atoms with van der Waals surface area (Å²) in [6, 6.07) is 7.01. The van der Waals surface area contributed by atoms with E-state index < -0.39 is 0 Å². The number of halogens is 1. The first-order valence-corrected chi connectivity index (χ1v) is 6.38. The van der Waals surface area contributed by atoms with E-state index in [1.54, 1.807) is 12.1 Å². The fourth-order valence-corrected chi connectivity index (χ4v) is 3.15. The maximum atomic E-state index is 13.7. The number of nitrogens with zero attached hydrogens (tertiary/aromatic N) is 2. The molecule has 1 aromatic rings. The minimum atomic E-state index is -0.307. The number of hydrogen-bond donors (Lipinski definition) is 0. The molecule has 1 aliphatic rings. The smallest absolute Gasteiger partial charge is 0.147 e. The van der Waals surface area contributed by atoms with Crippen LogP contribution in [0.15, 0.2) is 18.2 Å². The zero-order chi connectivity index (χ0) is 11.5. The van der Waals surface area contributed by atoms with Crippen molar-refractivity contribution in [2.45, 2.75) is 12.5 Å². The molecule has 2 nitrogen and oxygen atoms in total. The molecular formula is C12H13FN2S. The Morgan fingerprint density at radius 3 is 2.94 bits per heavy atom. The van der Waals surface area contributed by atoms with Gasteiger partial charge in [-0.15, -0.1) is 0 Å². The molecule has 0 saturated carbocycles. The van der Waals surface area contributed by atoms with Gasteiger partial charge in [0.25, 0.3) is 0 Å². The molecule has 1 fully saturated rings. The van der Waals surface area contributed by atoms with Crippen LogP contribution in [0.2, 0.25) is 0 Å². The van der Waals surface area contributed by atoms with Crippen molar-refractivity contribution < 1.29 is 4.39 Å². The molecule has 4 heteroatoms. The van der Waals surface area contributed by atoms with Gasteiger partial charge in [-0.1, -0.05) is 0 Å². The summed E-state index contributed by atoms with van der Waals surface area (Å²) >= 11 is 1.90. The summed E-state index contributed by atoms with van der Waals surface area (Å²) in [5, 5.41) is 8.67. The Morgan fingerprint density at radius 2 is 2.38 bits per heavy atom. The van der Waals surface area contributed by atoms with Crippen LogP contribution in [0.4, 0.5) is 10.1 Å². The van der Waals surface area contributed by atoms with Gasteiger partial charge in [-0.3, -0.25) is 0 Å². The normalized spacial score (nSPS) is 19.4. The van der Waals surface area contributed by atoms with Crippen LogP contribution in [-0.4, -0.2) is 24.6 Å². The topological polar surface area (TPSA) is 27.0 Å². The molecule has 0 spiro atoms. The van der Waals surface area contributed by atoms with Crippen LogP contribution in [0, 0.1) is 17.1 Å². The lowest BCUT2D eigenvalue weighted by molar-refractivity contribution is 0.607. The summed E-state index contributed by atoms with van der Waals surface area (Å²) in [6.45, 7) is 0. The van der Waals surface area contributed by atoms with Crippen molar-refractivity contribution in [1.82, 2.24) is 0 Å². The predicted molar refractivity (Wildman–Crippen MR) is 65.2 cm³/mol. The molecule has 16 heavy (non-hydrogen) atoms. The predicted octanol–water partition coefficient (Wildman–Crippen LogP) is 2.64. The van der Waals surface area contributed by atoms with Crippen LogP contribution < -0.4 is 4.90 Å². The van der Waals surface area contributed by atoms with Gasteiger partial charge in [0.1, 0.15) is 5.82 Å². The molecule has 0 N–H and O–H groups in total. The molecule has 0 amide bonds. The highest BCUT2D eigenvalue weighted by Gasteiger charge is 2.22. The van der Waals surface area contributed by atoms with Crippen molar-refractivity contribution in [1.29, 1.82) is 5.26 Å². The molecule has 1 unspecified atom stereocenters. The van der Waals surface area contributed by atoms with Crippen LogP contribution in [0.25, 0.3) is 0 Å². The van der Waals surface area contributed by atoms with E-state index in [2.05, 4.69) is 0 Å². The first kappa shape index (κ1) is 11.3. The molecule has 1 saturated heterocycles. The number of anilines is 1. The van der Waals surface area contributed by atoms with E-state index in [1.165, 1.54) is 6.07 Å². The second-order valence-corrected chi connectivity index (χ2v) is 5.06. The summed E-state index contributed by atoms with van der Waals surface area (Å²) in [5.74, 6) is 1.89. The van der Waals surface area contributed by atoms with E-state index in [9.17, 15) is 4.39 Å². The van der Waals surface area contributed by atoms with Crippen molar-refractivity contribution in [3.8, 4) is 6.07 Å². The molecule has 0 aliphatic carbocycles. The molecule has 84 valence electrons. The SMILES string of the molecule is CN(c1ccc(C#N)cc1F)C1CCSC1. The fourth-order valence-electron chi connectivity index (χ4n) is 1.89. The van der Waals surface area contributed by atoms with E-state index in [1.807, 2.05) is 29.8 Å². The number of hydrogen-bond acceptors (Lipinski definition) is 3. The first-order chi connectivity index (χ1) is 7.72. The second kappa shape index (κ2) is 4.75. The standard InChI is InChI=1S/C12H13FN2S/c1-15(10-4-5-16-8-10)12-3-2-9(7-14)6-11(12)13/h2-3,6,10H,4-5,8H2,1H3. The summed E-state index contributed by atoms with van der Waals surface area (Å²) in [6.07, 6.45) is 1.10. The molecule has 2 rings (SSSR count). The average molecular weight is 236 g/mol. The van der Waals surface area contributed by atoms with Crippen LogP contribution >= 0.6 is 11.8 Å². The lowest BCUT2D eigenvalue weighted by atomic mass is 10.1. The lowest BCUT2D eigenvalue weighted by Crippen LogP contribution is -2.31. The van der Waals surface area contributed by atoms with Crippen molar-refractivity contribution in [3.05, 3.63) is 29.6 Å². The monoisotopic (exact) mass is 236 g/mol. The van der Waals surface area contributed by atoms with Crippen molar-refractivity contribution in [3.63, 3.8) is 0 Å². The highest BCUT2D eigenvalue weighted by molar-refractivity contribution is 7.99. The Morgan fingerprint density at radius 1 is 1.56 bits per heavy atom. The van der Waals surface area contributed by atoms with E-state index in [4.69, 9.17) is 5.26 Å². The molecule has 1 aromatic carbocycles. The van der Waals surface area contributed by atoms with Crippen LogP contribution in [0.5, 0.6) is 0 Å². The highest BCUT2D eigenvalue weighted by atomic mass is 32.2. The zero-order valence-corrected chi connectivity index (χ0v) is 9.93. The Bertz CT molecular complexity index is 422.